The summed E-state index contributed by atoms with van der Waals surface area (Å²) in [5, 5.41) is 0. The van der Waals surface area contributed by atoms with Gasteiger partial charge >= 0.3 is 0 Å². The molecule has 1 fully saturated rings. The average Bonchev–Trinajstić information content (AvgIpc) is 2.53. The highest BCUT2D eigenvalue weighted by Gasteiger charge is 2.45. The highest BCUT2D eigenvalue weighted by Crippen LogP contribution is 2.58. The van der Waals surface area contributed by atoms with Crippen molar-refractivity contribution in [3.8, 4) is 0 Å². The molecule has 0 aromatic heterocycles. The van der Waals surface area contributed by atoms with Gasteiger partial charge in [-0.05, 0) is 47.7 Å². The average molecular weight is 202 g/mol. The fourth-order valence-electron chi connectivity index (χ4n) is 3.90. The zero-order valence-electron chi connectivity index (χ0n) is 10.3. The van der Waals surface area contributed by atoms with Gasteiger partial charge in [0.15, 0.2) is 0 Å². The fraction of sp³-hybridized carbons (Fsp3) is 0.733. The van der Waals surface area contributed by atoms with Crippen LogP contribution in [0.25, 0.3) is 0 Å². The van der Waals surface area contributed by atoms with Crippen LogP contribution in [0.2, 0.25) is 0 Å². The second-order valence-electron chi connectivity index (χ2n) is 6.51. The number of fused-ring (bicyclic) bond motifs is 3. The lowest BCUT2D eigenvalue weighted by Gasteiger charge is -2.45. The van der Waals surface area contributed by atoms with Gasteiger partial charge in [0, 0.05) is 0 Å². The largest absolute Gasteiger partial charge is 0.0764 e. The van der Waals surface area contributed by atoms with Gasteiger partial charge in [-0.1, -0.05) is 45.3 Å². The SMILES string of the molecule is CC(C)(C)C1=CCC2=C1C1CCCCC21. The lowest BCUT2D eigenvalue weighted by atomic mass is 9.59. The molecule has 0 heteroatoms. The van der Waals surface area contributed by atoms with Crippen LogP contribution in [-0.2, 0) is 0 Å². The zero-order valence-corrected chi connectivity index (χ0v) is 10.3. The first-order valence-electron chi connectivity index (χ1n) is 6.53. The quantitative estimate of drug-likeness (QED) is 0.543. The third-order valence-electron chi connectivity index (χ3n) is 4.55. The van der Waals surface area contributed by atoms with Crippen molar-refractivity contribution in [1.82, 2.24) is 0 Å². The van der Waals surface area contributed by atoms with Crippen molar-refractivity contribution in [3.05, 3.63) is 22.8 Å². The summed E-state index contributed by atoms with van der Waals surface area (Å²) in [7, 11) is 0. The van der Waals surface area contributed by atoms with Gasteiger partial charge in [0.2, 0.25) is 0 Å². The Hall–Kier alpha value is -0.520. The molecule has 0 nitrogen and oxygen atoms in total. The Morgan fingerprint density at radius 2 is 1.73 bits per heavy atom. The van der Waals surface area contributed by atoms with Gasteiger partial charge in [0.25, 0.3) is 0 Å². The first kappa shape index (κ1) is 9.69. The van der Waals surface area contributed by atoms with E-state index in [4.69, 9.17) is 0 Å². The molecule has 0 spiro atoms. The lowest BCUT2D eigenvalue weighted by molar-refractivity contribution is 0.260. The molecule has 3 aliphatic rings. The molecule has 0 radical (unpaired) electrons. The van der Waals surface area contributed by atoms with E-state index in [-0.39, 0.29) is 0 Å². The molecule has 2 atom stereocenters. The fourth-order valence-corrected chi connectivity index (χ4v) is 3.90. The molecule has 0 aromatic carbocycles. The standard InChI is InChI=1S/C15H22/c1-15(2,3)13-9-8-12-10-6-4-5-7-11(10)14(12)13/h9-11H,4-8H2,1-3H3. The van der Waals surface area contributed by atoms with Gasteiger partial charge < -0.3 is 0 Å². The van der Waals surface area contributed by atoms with Gasteiger partial charge in [-0.2, -0.15) is 0 Å². The van der Waals surface area contributed by atoms with E-state index in [2.05, 4.69) is 26.8 Å². The van der Waals surface area contributed by atoms with E-state index in [1.807, 2.05) is 5.57 Å². The highest BCUT2D eigenvalue weighted by atomic mass is 14.5. The van der Waals surface area contributed by atoms with Crippen LogP contribution >= 0.6 is 0 Å². The van der Waals surface area contributed by atoms with Gasteiger partial charge in [-0.15, -0.1) is 0 Å². The third kappa shape index (κ3) is 1.26. The van der Waals surface area contributed by atoms with Crippen molar-refractivity contribution in [2.45, 2.75) is 52.9 Å². The monoisotopic (exact) mass is 202 g/mol. The maximum atomic E-state index is 2.52. The van der Waals surface area contributed by atoms with E-state index in [1.165, 1.54) is 32.1 Å². The first-order chi connectivity index (χ1) is 7.09. The maximum absolute atomic E-state index is 2.52. The van der Waals surface area contributed by atoms with Gasteiger partial charge in [-0.3, -0.25) is 0 Å². The summed E-state index contributed by atoms with van der Waals surface area (Å²) >= 11 is 0. The number of rotatable bonds is 0. The summed E-state index contributed by atoms with van der Waals surface area (Å²) in [4.78, 5) is 0. The molecule has 0 aliphatic heterocycles. The van der Waals surface area contributed by atoms with Gasteiger partial charge in [-0.25, -0.2) is 0 Å². The molecule has 0 saturated heterocycles. The molecule has 82 valence electrons. The number of allylic oxidation sites excluding steroid dienone is 4. The Morgan fingerprint density at radius 1 is 1.07 bits per heavy atom. The van der Waals surface area contributed by atoms with Crippen molar-refractivity contribution in [2.75, 3.05) is 0 Å². The Balaban J connectivity index is 1.92. The molecule has 0 aromatic rings. The van der Waals surface area contributed by atoms with E-state index < -0.39 is 0 Å². The van der Waals surface area contributed by atoms with Crippen molar-refractivity contribution in [3.63, 3.8) is 0 Å². The summed E-state index contributed by atoms with van der Waals surface area (Å²) in [6.07, 6.45) is 9.69. The van der Waals surface area contributed by atoms with Crippen LogP contribution in [0.5, 0.6) is 0 Å². The smallest absolute Gasteiger partial charge is 0.00934 e. The molecule has 2 unspecified atom stereocenters. The minimum atomic E-state index is 0.375. The Kier molecular flexibility index (Phi) is 1.93. The second-order valence-corrected chi connectivity index (χ2v) is 6.51. The van der Waals surface area contributed by atoms with Crippen LogP contribution in [0.15, 0.2) is 22.8 Å². The molecule has 15 heavy (non-hydrogen) atoms. The summed E-state index contributed by atoms with van der Waals surface area (Å²) in [5.41, 5.74) is 5.68. The minimum Gasteiger partial charge on any atom is -0.0764 e. The minimum absolute atomic E-state index is 0.375. The molecular weight excluding hydrogens is 180 g/mol. The van der Waals surface area contributed by atoms with Crippen LogP contribution < -0.4 is 0 Å². The molecule has 0 bridgehead atoms. The topological polar surface area (TPSA) is 0 Å². The maximum Gasteiger partial charge on any atom is -0.00934 e. The van der Waals surface area contributed by atoms with Crippen LogP contribution in [0.4, 0.5) is 0 Å². The molecule has 3 aliphatic carbocycles. The Bertz CT molecular complexity index is 349. The predicted octanol–water partition coefficient (Wildman–Crippen LogP) is 4.48. The van der Waals surface area contributed by atoms with Crippen LogP contribution in [0.3, 0.4) is 0 Å². The summed E-state index contributed by atoms with van der Waals surface area (Å²) < 4.78 is 0. The highest BCUT2D eigenvalue weighted by molar-refractivity contribution is 5.54. The van der Waals surface area contributed by atoms with Crippen LogP contribution in [0, 0.1) is 17.3 Å². The Labute approximate surface area is 93.5 Å². The molecule has 0 amide bonds. The molecule has 3 rings (SSSR count). The molecular formula is C15H22. The summed E-state index contributed by atoms with van der Waals surface area (Å²) in [6.45, 7) is 7.10. The predicted molar refractivity (Wildman–Crippen MR) is 64.6 cm³/mol. The number of hydrogen-bond donors (Lipinski definition) is 0. The summed E-state index contributed by atoms with van der Waals surface area (Å²) in [5.74, 6) is 1.95. The molecule has 1 saturated carbocycles. The zero-order chi connectivity index (χ0) is 10.6. The molecule has 0 N–H and O–H groups in total. The van der Waals surface area contributed by atoms with E-state index in [1.54, 1.807) is 11.1 Å². The van der Waals surface area contributed by atoms with Crippen molar-refractivity contribution < 1.29 is 0 Å². The van der Waals surface area contributed by atoms with E-state index in [0.29, 0.717) is 5.41 Å². The van der Waals surface area contributed by atoms with E-state index in [9.17, 15) is 0 Å². The van der Waals surface area contributed by atoms with Crippen molar-refractivity contribution >= 4 is 0 Å². The van der Waals surface area contributed by atoms with E-state index in [0.717, 1.165) is 11.8 Å². The normalized spacial score (nSPS) is 34.5. The summed E-state index contributed by atoms with van der Waals surface area (Å²) in [6, 6.07) is 0. The van der Waals surface area contributed by atoms with Crippen LogP contribution in [0.1, 0.15) is 52.9 Å². The third-order valence-corrected chi connectivity index (χ3v) is 4.55. The van der Waals surface area contributed by atoms with Crippen LogP contribution in [-0.4, -0.2) is 0 Å². The lowest BCUT2D eigenvalue weighted by Crippen LogP contribution is -2.34. The van der Waals surface area contributed by atoms with Crippen molar-refractivity contribution in [2.24, 2.45) is 17.3 Å². The Morgan fingerprint density at radius 3 is 2.40 bits per heavy atom. The van der Waals surface area contributed by atoms with Gasteiger partial charge in [0.1, 0.15) is 0 Å². The van der Waals surface area contributed by atoms with E-state index >= 15 is 0 Å². The number of hydrogen-bond acceptors (Lipinski definition) is 0. The van der Waals surface area contributed by atoms with Gasteiger partial charge in [0.05, 0.1) is 0 Å². The second kappa shape index (κ2) is 2.99. The molecule has 0 heterocycles. The first-order valence-corrected chi connectivity index (χ1v) is 6.53. The van der Waals surface area contributed by atoms with Crippen molar-refractivity contribution in [1.29, 1.82) is 0 Å².